The quantitative estimate of drug-likeness (QED) is 0.596. The highest BCUT2D eigenvalue weighted by molar-refractivity contribution is 5.05. The molecule has 0 spiro atoms. The highest BCUT2D eigenvalue weighted by Crippen LogP contribution is 2.17. The molecule has 1 aliphatic heterocycles. The van der Waals surface area contributed by atoms with Gasteiger partial charge < -0.3 is 0 Å². The van der Waals surface area contributed by atoms with Gasteiger partial charge in [-0.3, -0.25) is 5.01 Å². The Balaban J connectivity index is 2.35. The number of aryl methyl sites for hydroxylation is 1. The number of hydrogen-bond donors (Lipinski definition) is 0. The number of fused-ring (bicyclic) bond motifs is 1. The molecule has 1 aliphatic rings. The number of hydrogen-bond acceptors (Lipinski definition) is 3. The van der Waals surface area contributed by atoms with Gasteiger partial charge >= 0.3 is 0 Å². The van der Waals surface area contributed by atoms with Crippen LogP contribution in [-0.2, 0) is 6.42 Å². The summed E-state index contributed by atoms with van der Waals surface area (Å²) < 4.78 is 0. The summed E-state index contributed by atoms with van der Waals surface area (Å²) in [4.78, 5) is 6.18. The second kappa shape index (κ2) is 2.72. The molecule has 4 heteroatoms. The summed E-state index contributed by atoms with van der Waals surface area (Å²) in [5.74, 6) is 1.08. The zero-order chi connectivity index (χ0) is 9.47. The van der Waals surface area contributed by atoms with Crippen LogP contribution in [0.3, 0.4) is 0 Å². The Morgan fingerprint density at radius 3 is 2.85 bits per heavy atom. The van der Waals surface area contributed by atoms with Crippen molar-refractivity contribution in [2.45, 2.75) is 39.2 Å². The van der Waals surface area contributed by atoms with Crippen molar-refractivity contribution in [2.24, 2.45) is 0 Å². The molecular formula is C9H16N4. The van der Waals surface area contributed by atoms with Crippen molar-refractivity contribution in [3.63, 3.8) is 0 Å². The summed E-state index contributed by atoms with van der Waals surface area (Å²) in [7, 11) is 0. The standard InChI is InChI=1S/C9H16N4/c1-9(2,3)12-6-4-5-8-10-7-11-13(8)12/h7H,4-6H2,1-3H3. The van der Waals surface area contributed by atoms with Gasteiger partial charge in [0.1, 0.15) is 12.2 Å². The van der Waals surface area contributed by atoms with E-state index in [1.54, 1.807) is 6.33 Å². The van der Waals surface area contributed by atoms with Gasteiger partial charge in [0.25, 0.3) is 0 Å². The number of nitrogens with zero attached hydrogens (tertiary/aromatic N) is 4. The zero-order valence-electron chi connectivity index (χ0n) is 8.49. The lowest BCUT2D eigenvalue weighted by Gasteiger charge is -2.39. The van der Waals surface area contributed by atoms with E-state index < -0.39 is 0 Å². The molecule has 0 aliphatic carbocycles. The van der Waals surface area contributed by atoms with E-state index in [0.717, 1.165) is 18.8 Å². The van der Waals surface area contributed by atoms with Gasteiger partial charge in [-0.15, -0.1) is 5.10 Å². The first-order chi connectivity index (χ1) is 6.09. The Morgan fingerprint density at radius 2 is 2.15 bits per heavy atom. The Morgan fingerprint density at radius 1 is 1.38 bits per heavy atom. The van der Waals surface area contributed by atoms with E-state index in [4.69, 9.17) is 0 Å². The fraction of sp³-hybridized carbons (Fsp3) is 0.778. The third kappa shape index (κ3) is 1.41. The molecule has 72 valence electrons. The highest BCUT2D eigenvalue weighted by Gasteiger charge is 2.27. The fourth-order valence-corrected chi connectivity index (χ4v) is 1.73. The predicted octanol–water partition coefficient (Wildman–Crippen LogP) is 0.961. The largest absolute Gasteiger partial charge is 0.290 e. The van der Waals surface area contributed by atoms with Crippen LogP contribution in [0.2, 0.25) is 0 Å². The fourth-order valence-electron chi connectivity index (χ4n) is 1.73. The maximum Gasteiger partial charge on any atom is 0.150 e. The van der Waals surface area contributed by atoms with Crippen molar-refractivity contribution in [2.75, 3.05) is 11.6 Å². The average Bonchev–Trinajstić information content (AvgIpc) is 2.48. The summed E-state index contributed by atoms with van der Waals surface area (Å²) in [6, 6.07) is 0. The van der Waals surface area contributed by atoms with Crippen molar-refractivity contribution < 1.29 is 0 Å². The summed E-state index contributed by atoms with van der Waals surface area (Å²) in [6.07, 6.45) is 3.86. The first-order valence-electron chi connectivity index (χ1n) is 4.76. The maximum absolute atomic E-state index is 4.24. The van der Waals surface area contributed by atoms with Gasteiger partial charge in [-0.1, -0.05) is 0 Å². The van der Waals surface area contributed by atoms with Gasteiger partial charge in [-0.25, -0.2) is 4.98 Å². The van der Waals surface area contributed by atoms with Crippen LogP contribution in [0.4, 0.5) is 0 Å². The van der Waals surface area contributed by atoms with Crippen molar-refractivity contribution in [3.8, 4) is 0 Å². The van der Waals surface area contributed by atoms with E-state index in [1.807, 2.05) is 4.79 Å². The van der Waals surface area contributed by atoms with E-state index in [1.165, 1.54) is 6.42 Å². The molecule has 13 heavy (non-hydrogen) atoms. The van der Waals surface area contributed by atoms with Crippen molar-refractivity contribution in [1.82, 2.24) is 14.9 Å². The first-order valence-corrected chi connectivity index (χ1v) is 4.76. The minimum atomic E-state index is 0.128. The van der Waals surface area contributed by atoms with E-state index in [-0.39, 0.29) is 5.54 Å². The van der Waals surface area contributed by atoms with Gasteiger partial charge in [0.2, 0.25) is 0 Å². The van der Waals surface area contributed by atoms with Crippen LogP contribution in [0.25, 0.3) is 0 Å². The second-order valence-electron chi connectivity index (χ2n) is 4.46. The van der Waals surface area contributed by atoms with Gasteiger partial charge in [-0.05, 0) is 27.2 Å². The van der Waals surface area contributed by atoms with E-state index >= 15 is 0 Å². The van der Waals surface area contributed by atoms with Crippen LogP contribution in [-0.4, -0.2) is 27.0 Å². The number of rotatable bonds is 0. The van der Waals surface area contributed by atoms with Crippen LogP contribution in [0.15, 0.2) is 6.33 Å². The van der Waals surface area contributed by atoms with Crippen LogP contribution in [0.5, 0.6) is 0 Å². The van der Waals surface area contributed by atoms with Crippen LogP contribution in [0.1, 0.15) is 33.0 Å². The molecule has 0 saturated carbocycles. The lowest BCUT2D eigenvalue weighted by Crippen LogP contribution is -2.52. The molecule has 0 amide bonds. The van der Waals surface area contributed by atoms with Crippen molar-refractivity contribution in [1.29, 1.82) is 0 Å². The predicted molar refractivity (Wildman–Crippen MR) is 51.2 cm³/mol. The maximum atomic E-state index is 4.24. The molecule has 0 aromatic carbocycles. The lowest BCUT2D eigenvalue weighted by molar-refractivity contribution is 0.337. The molecule has 0 fully saturated rings. The Labute approximate surface area is 78.5 Å². The molecule has 0 N–H and O–H groups in total. The minimum absolute atomic E-state index is 0.128. The van der Waals surface area contributed by atoms with E-state index in [0.29, 0.717) is 0 Å². The molecule has 0 radical (unpaired) electrons. The van der Waals surface area contributed by atoms with Gasteiger partial charge in [0.05, 0.1) is 0 Å². The molecule has 0 atom stereocenters. The molecule has 2 rings (SSSR count). The third-order valence-electron chi connectivity index (χ3n) is 2.37. The molecule has 0 saturated heterocycles. The molecule has 0 unspecified atom stereocenters. The van der Waals surface area contributed by atoms with E-state index in [2.05, 4.69) is 35.9 Å². The molecule has 1 aromatic rings. The lowest BCUT2D eigenvalue weighted by atomic mass is 10.1. The third-order valence-corrected chi connectivity index (χ3v) is 2.37. The summed E-state index contributed by atoms with van der Waals surface area (Å²) in [6.45, 7) is 7.66. The van der Waals surface area contributed by atoms with Gasteiger partial charge in [0, 0.05) is 18.5 Å². The second-order valence-corrected chi connectivity index (χ2v) is 4.46. The monoisotopic (exact) mass is 180 g/mol. The highest BCUT2D eigenvalue weighted by atomic mass is 15.7. The van der Waals surface area contributed by atoms with Crippen LogP contribution >= 0.6 is 0 Å². The number of aromatic nitrogens is 3. The normalized spacial score (nSPS) is 17.3. The van der Waals surface area contributed by atoms with Gasteiger partial charge in [0.15, 0.2) is 0 Å². The first kappa shape index (κ1) is 8.53. The summed E-state index contributed by atoms with van der Waals surface area (Å²) >= 11 is 0. The molecule has 4 nitrogen and oxygen atoms in total. The SMILES string of the molecule is CC(C)(C)N1CCCc2ncnn21. The summed E-state index contributed by atoms with van der Waals surface area (Å²) in [5, 5.41) is 6.50. The topological polar surface area (TPSA) is 34.0 Å². The van der Waals surface area contributed by atoms with Crippen LogP contribution < -0.4 is 5.01 Å². The Bertz CT molecular complexity index is 297. The summed E-state index contributed by atoms with van der Waals surface area (Å²) in [5.41, 5.74) is 0.128. The van der Waals surface area contributed by atoms with Crippen molar-refractivity contribution >= 4 is 0 Å². The smallest absolute Gasteiger partial charge is 0.150 e. The average molecular weight is 180 g/mol. The molecule has 1 aromatic heterocycles. The van der Waals surface area contributed by atoms with E-state index in [9.17, 15) is 0 Å². The zero-order valence-corrected chi connectivity index (χ0v) is 8.49. The van der Waals surface area contributed by atoms with Crippen molar-refractivity contribution in [3.05, 3.63) is 12.2 Å². The Kier molecular flexibility index (Phi) is 1.78. The van der Waals surface area contributed by atoms with Gasteiger partial charge in [-0.2, -0.15) is 4.79 Å². The Hall–Kier alpha value is -1.06. The molecule has 0 bridgehead atoms. The van der Waals surface area contributed by atoms with Crippen LogP contribution in [0, 0.1) is 0 Å². The molecular weight excluding hydrogens is 164 g/mol. The minimum Gasteiger partial charge on any atom is -0.290 e. The molecule has 2 heterocycles.